The third-order valence-corrected chi connectivity index (χ3v) is 2.77. The van der Waals surface area contributed by atoms with Crippen LogP contribution < -0.4 is 10.1 Å². The van der Waals surface area contributed by atoms with Crippen molar-refractivity contribution >= 4 is 0 Å². The van der Waals surface area contributed by atoms with E-state index in [1.54, 1.807) is 12.4 Å². The Bertz CT molecular complexity index is 318. The number of nitrogens with one attached hydrogen (secondary N) is 1. The maximum atomic E-state index is 5.60. The Hall–Kier alpha value is -1.16. The molecular weight excluding hydrogens is 226 g/mol. The predicted molar refractivity (Wildman–Crippen MR) is 73.7 cm³/mol. The Morgan fingerprint density at radius 2 is 1.89 bits per heavy atom. The summed E-state index contributed by atoms with van der Waals surface area (Å²) in [6.07, 6.45) is 11.1. The van der Waals surface area contributed by atoms with E-state index in [1.807, 2.05) is 7.05 Å². The minimum absolute atomic E-state index is 0.635. The van der Waals surface area contributed by atoms with Crippen molar-refractivity contribution in [2.45, 2.75) is 52.0 Å². The van der Waals surface area contributed by atoms with Gasteiger partial charge < -0.3 is 10.1 Å². The Morgan fingerprint density at radius 1 is 1.11 bits per heavy atom. The van der Waals surface area contributed by atoms with E-state index in [-0.39, 0.29) is 0 Å². The average molecular weight is 251 g/mol. The van der Waals surface area contributed by atoms with Gasteiger partial charge in [0.05, 0.1) is 18.5 Å². The normalized spacial score (nSPS) is 10.6. The van der Waals surface area contributed by atoms with Crippen molar-refractivity contribution in [1.29, 1.82) is 0 Å². The first-order chi connectivity index (χ1) is 8.86. The Balaban J connectivity index is 2.13. The summed E-state index contributed by atoms with van der Waals surface area (Å²) in [6, 6.07) is 0. The van der Waals surface area contributed by atoms with Gasteiger partial charge in [-0.15, -0.1) is 0 Å². The van der Waals surface area contributed by atoms with E-state index >= 15 is 0 Å². The molecule has 1 aromatic rings. The molecule has 1 heterocycles. The molecule has 0 radical (unpaired) electrons. The summed E-state index contributed by atoms with van der Waals surface area (Å²) in [5.41, 5.74) is 0.915. The van der Waals surface area contributed by atoms with Gasteiger partial charge in [-0.3, -0.25) is 4.98 Å². The molecule has 0 amide bonds. The first-order valence-corrected chi connectivity index (χ1v) is 6.95. The highest BCUT2D eigenvalue weighted by Gasteiger charge is 1.99. The average Bonchev–Trinajstić information content (AvgIpc) is 2.39. The third-order valence-electron chi connectivity index (χ3n) is 2.77. The van der Waals surface area contributed by atoms with Gasteiger partial charge in [0.15, 0.2) is 0 Å². The van der Waals surface area contributed by atoms with Crippen LogP contribution in [0.1, 0.15) is 51.1 Å². The van der Waals surface area contributed by atoms with Crippen LogP contribution in [0.3, 0.4) is 0 Å². The van der Waals surface area contributed by atoms with E-state index in [0.29, 0.717) is 5.88 Å². The van der Waals surface area contributed by atoms with E-state index in [9.17, 15) is 0 Å². The molecular formula is C14H25N3O. The van der Waals surface area contributed by atoms with Crippen LogP contribution in [0.25, 0.3) is 0 Å². The third kappa shape index (κ3) is 6.55. The van der Waals surface area contributed by atoms with Crippen molar-refractivity contribution in [3.63, 3.8) is 0 Å². The van der Waals surface area contributed by atoms with Gasteiger partial charge in [0.1, 0.15) is 0 Å². The molecule has 1 aromatic heterocycles. The van der Waals surface area contributed by atoms with Gasteiger partial charge in [-0.25, -0.2) is 4.98 Å². The molecule has 0 aliphatic carbocycles. The van der Waals surface area contributed by atoms with Gasteiger partial charge in [-0.2, -0.15) is 0 Å². The molecule has 0 spiro atoms. The number of ether oxygens (including phenoxy) is 1. The van der Waals surface area contributed by atoms with E-state index in [0.717, 1.165) is 25.3 Å². The lowest BCUT2D eigenvalue weighted by atomic mass is 10.1. The summed E-state index contributed by atoms with van der Waals surface area (Å²) < 4.78 is 5.60. The Kier molecular flexibility index (Phi) is 8.13. The standard InChI is InChI=1S/C14H25N3O/c1-3-4-5-6-7-8-9-18-14-12-16-11-13(17-14)10-15-2/h11-12,15H,3-10H2,1-2H3. The zero-order chi connectivity index (χ0) is 13.1. The molecule has 1 rings (SSSR count). The maximum absolute atomic E-state index is 5.60. The second-order valence-corrected chi connectivity index (χ2v) is 4.50. The van der Waals surface area contributed by atoms with Crippen LogP contribution in [0.2, 0.25) is 0 Å². The molecule has 0 fully saturated rings. The molecule has 18 heavy (non-hydrogen) atoms. The lowest BCUT2D eigenvalue weighted by Crippen LogP contribution is -2.08. The summed E-state index contributed by atoms with van der Waals surface area (Å²) in [6.45, 7) is 3.70. The van der Waals surface area contributed by atoms with Crippen LogP contribution in [0.15, 0.2) is 12.4 Å². The molecule has 0 bridgehead atoms. The lowest BCUT2D eigenvalue weighted by Gasteiger charge is -2.06. The minimum atomic E-state index is 0.635. The largest absolute Gasteiger partial charge is 0.477 e. The van der Waals surface area contributed by atoms with Gasteiger partial charge in [-0.1, -0.05) is 39.0 Å². The molecule has 0 saturated carbocycles. The highest BCUT2D eigenvalue weighted by molar-refractivity contribution is 5.08. The van der Waals surface area contributed by atoms with Crippen molar-refractivity contribution in [2.24, 2.45) is 0 Å². The molecule has 0 aromatic carbocycles. The van der Waals surface area contributed by atoms with Gasteiger partial charge in [0.2, 0.25) is 5.88 Å². The molecule has 0 aliphatic rings. The fourth-order valence-corrected chi connectivity index (χ4v) is 1.78. The van der Waals surface area contributed by atoms with E-state index < -0.39 is 0 Å². The zero-order valence-corrected chi connectivity index (χ0v) is 11.6. The molecule has 0 unspecified atom stereocenters. The molecule has 4 nitrogen and oxygen atoms in total. The van der Waals surface area contributed by atoms with Crippen LogP contribution >= 0.6 is 0 Å². The summed E-state index contributed by atoms with van der Waals surface area (Å²) in [5.74, 6) is 0.635. The Morgan fingerprint density at radius 3 is 2.67 bits per heavy atom. The number of rotatable bonds is 10. The number of aromatic nitrogens is 2. The van der Waals surface area contributed by atoms with E-state index in [2.05, 4.69) is 22.2 Å². The van der Waals surface area contributed by atoms with E-state index in [1.165, 1.54) is 32.1 Å². The fraction of sp³-hybridized carbons (Fsp3) is 0.714. The molecule has 4 heteroatoms. The minimum Gasteiger partial charge on any atom is -0.477 e. The molecule has 1 N–H and O–H groups in total. The topological polar surface area (TPSA) is 47.0 Å². The zero-order valence-electron chi connectivity index (χ0n) is 11.6. The Labute approximate surface area is 110 Å². The van der Waals surface area contributed by atoms with Crippen molar-refractivity contribution in [2.75, 3.05) is 13.7 Å². The molecule has 0 atom stereocenters. The first kappa shape index (κ1) is 14.9. The second kappa shape index (κ2) is 9.83. The molecule has 0 saturated heterocycles. The summed E-state index contributed by atoms with van der Waals surface area (Å²) in [4.78, 5) is 8.48. The van der Waals surface area contributed by atoms with Gasteiger partial charge in [0.25, 0.3) is 0 Å². The second-order valence-electron chi connectivity index (χ2n) is 4.50. The summed E-state index contributed by atoms with van der Waals surface area (Å²) in [5, 5.41) is 3.05. The van der Waals surface area contributed by atoms with Crippen LogP contribution in [0, 0.1) is 0 Å². The van der Waals surface area contributed by atoms with Crippen LogP contribution in [0.4, 0.5) is 0 Å². The van der Waals surface area contributed by atoms with Crippen LogP contribution in [-0.2, 0) is 6.54 Å². The van der Waals surface area contributed by atoms with Crippen molar-refractivity contribution in [1.82, 2.24) is 15.3 Å². The SMILES string of the molecule is CCCCCCCCOc1cncc(CNC)n1. The molecule has 0 aliphatic heterocycles. The number of hydrogen-bond donors (Lipinski definition) is 1. The number of unbranched alkanes of at least 4 members (excludes halogenated alkanes) is 5. The highest BCUT2D eigenvalue weighted by Crippen LogP contribution is 2.08. The van der Waals surface area contributed by atoms with Crippen LogP contribution in [-0.4, -0.2) is 23.6 Å². The monoisotopic (exact) mass is 251 g/mol. The summed E-state index contributed by atoms with van der Waals surface area (Å²) in [7, 11) is 1.89. The van der Waals surface area contributed by atoms with Gasteiger partial charge >= 0.3 is 0 Å². The van der Waals surface area contributed by atoms with Crippen molar-refractivity contribution in [3.05, 3.63) is 18.1 Å². The summed E-state index contributed by atoms with van der Waals surface area (Å²) >= 11 is 0. The van der Waals surface area contributed by atoms with E-state index in [4.69, 9.17) is 4.74 Å². The van der Waals surface area contributed by atoms with Gasteiger partial charge in [0, 0.05) is 12.7 Å². The van der Waals surface area contributed by atoms with Crippen molar-refractivity contribution in [3.8, 4) is 5.88 Å². The predicted octanol–water partition coefficient (Wildman–Crippen LogP) is 2.94. The highest BCUT2D eigenvalue weighted by atomic mass is 16.5. The van der Waals surface area contributed by atoms with Crippen molar-refractivity contribution < 1.29 is 4.74 Å². The maximum Gasteiger partial charge on any atom is 0.232 e. The number of nitrogens with zero attached hydrogens (tertiary/aromatic N) is 2. The van der Waals surface area contributed by atoms with Crippen LogP contribution in [0.5, 0.6) is 5.88 Å². The van der Waals surface area contributed by atoms with Gasteiger partial charge in [-0.05, 0) is 13.5 Å². The lowest BCUT2D eigenvalue weighted by molar-refractivity contribution is 0.291. The number of hydrogen-bond acceptors (Lipinski definition) is 4. The first-order valence-electron chi connectivity index (χ1n) is 6.95. The quantitative estimate of drug-likeness (QED) is 0.649. The fourth-order valence-electron chi connectivity index (χ4n) is 1.78. The smallest absolute Gasteiger partial charge is 0.232 e. The molecule has 102 valence electrons.